The Morgan fingerprint density at radius 1 is 1.56 bits per heavy atom. The number of nitrogens with zero attached hydrogens (tertiary/aromatic N) is 2. The summed E-state index contributed by atoms with van der Waals surface area (Å²) in [5.74, 6) is 0.451. The van der Waals surface area contributed by atoms with E-state index in [9.17, 15) is 4.79 Å². The maximum absolute atomic E-state index is 11.8. The summed E-state index contributed by atoms with van der Waals surface area (Å²) >= 11 is 5.00. The van der Waals surface area contributed by atoms with E-state index in [1.54, 1.807) is 11.3 Å². The van der Waals surface area contributed by atoms with Crippen molar-refractivity contribution in [3.63, 3.8) is 0 Å². The van der Waals surface area contributed by atoms with Crippen LogP contribution in [0.3, 0.4) is 0 Å². The van der Waals surface area contributed by atoms with Gasteiger partial charge in [0, 0.05) is 22.0 Å². The number of ether oxygens (including phenoxy) is 1. The Labute approximate surface area is 116 Å². The van der Waals surface area contributed by atoms with Crippen molar-refractivity contribution < 1.29 is 4.74 Å². The van der Waals surface area contributed by atoms with Crippen LogP contribution >= 0.6 is 27.3 Å². The Hall–Kier alpha value is -1.18. The number of thiophene rings is 1. The van der Waals surface area contributed by atoms with Gasteiger partial charge in [0.05, 0.1) is 12.7 Å². The molecule has 0 atom stereocenters. The van der Waals surface area contributed by atoms with Crippen LogP contribution in [0.15, 0.2) is 33.0 Å². The summed E-state index contributed by atoms with van der Waals surface area (Å²) in [7, 11) is 0. The highest BCUT2D eigenvalue weighted by Gasteiger charge is 2.06. The molecule has 2 aromatic heterocycles. The van der Waals surface area contributed by atoms with Gasteiger partial charge in [-0.15, -0.1) is 11.3 Å². The molecular formula is C11H12BrN3O2S. The van der Waals surface area contributed by atoms with Gasteiger partial charge in [0.15, 0.2) is 0 Å². The van der Waals surface area contributed by atoms with Gasteiger partial charge >= 0.3 is 0 Å². The van der Waals surface area contributed by atoms with E-state index in [1.165, 1.54) is 16.9 Å². The molecule has 2 N–H and O–H groups in total. The topological polar surface area (TPSA) is 70.1 Å². The van der Waals surface area contributed by atoms with Gasteiger partial charge in [0.25, 0.3) is 5.56 Å². The molecule has 0 spiro atoms. The molecule has 0 radical (unpaired) electrons. The first-order chi connectivity index (χ1) is 8.70. The van der Waals surface area contributed by atoms with E-state index in [2.05, 4.69) is 21.0 Å². The minimum absolute atomic E-state index is 0.190. The number of rotatable bonds is 5. The molecule has 7 heteroatoms. The fourth-order valence-corrected chi connectivity index (χ4v) is 2.82. The average Bonchev–Trinajstić information content (AvgIpc) is 2.75. The van der Waals surface area contributed by atoms with Crippen molar-refractivity contribution in [1.29, 1.82) is 0 Å². The Bertz CT molecular complexity index is 582. The number of aromatic nitrogens is 2. The molecule has 5 nitrogen and oxygen atoms in total. The summed E-state index contributed by atoms with van der Waals surface area (Å²) in [5.41, 5.74) is 5.13. The first-order valence-electron chi connectivity index (χ1n) is 5.32. The fraction of sp³-hybridized carbons (Fsp3) is 0.273. The lowest BCUT2D eigenvalue weighted by molar-refractivity contribution is 0.324. The van der Waals surface area contributed by atoms with Gasteiger partial charge in [-0.1, -0.05) is 0 Å². The predicted molar refractivity (Wildman–Crippen MR) is 74.2 cm³/mol. The molecule has 0 unspecified atom stereocenters. The predicted octanol–water partition coefficient (Wildman–Crippen LogP) is 1.45. The van der Waals surface area contributed by atoms with Gasteiger partial charge in [-0.2, -0.15) is 5.10 Å². The van der Waals surface area contributed by atoms with Crippen LogP contribution in [0, 0.1) is 0 Å². The molecule has 0 bridgehead atoms. The standard InChI is InChI=1S/C11H12BrN3O2S/c12-9-1-4-18-10(9)7-15-11(16)5-8(6-14-15)17-3-2-13/h1,4-6H,2-3,7,13H2. The Morgan fingerprint density at radius 3 is 3.00 bits per heavy atom. The van der Waals surface area contributed by atoms with Crippen molar-refractivity contribution in [2.24, 2.45) is 5.73 Å². The molecule has 2 rings (SSSR count). The summed E-state index contributed by atoms with van der Waals surface area (Å²) in [4.78, 5) is 12.9. The van der Waals surface area contributed by atoms with Gasteiger partial charge in [0.2, 0.25) is 0 Å². The number of hydrogen-bond acceptors (Lipinski definition) is 5. The molecule has 0 saturated carbocycles. The fourth-order valence-electron chi connectivity index (χ4n) is 1.37. The molecule has 0 aliphatic heterocycles. The van der Waals surface area contributed by atoms with Gasteiger partial charge in [0.1, 0.15) is 12.4 Å². The highest BCUT2D eigenvalue weighted by molar-refractivity contribution is 9.10. The largest absolute Gasteiger partial charge is 0.490 e. The monoisotopic (exact) mass is 329 g/mol. The highest BCUT2D eigenvalue weighted by Crippen LogP contribution is 2.22. The Balaban J connectivity index is 2.15. The van der Waals surface area contributed by atoms with E-state index >= 15 is 0 Å². The lowest BCUT2D eigenvalue weighted by Crippen LogP contribution is -2.23. The van der Waals surface area contributed by atoms with E-state index in [0.717, 1.165) is 9.35 Å². The van der Waals surface area contributed by atoms with Crippen molar-refractivity contribution in [1.82, 2.24) is 9.78 Å². The molecule has 2 heterocycles. The third-order valence-electron chi connectivity index (χ3n) is 2.22. The minimum atomic E-state index is -0.190. The van der Waals surface area contributed by atoms with Crippen LogP contribution in [0.25, 0.3) is 0 Å². The van der Waals surface area contributed by atoms with Gasteiger partial charge in [-0.3, -0.25) is 4.79 Å². The second-order valence-corrected chi connectivity index (χ2v) is 5.37. The van der Waals surface area contributed by atoms with Crippen LogP contribution in [0.1, 0.15) is 4.88 Å². The summed E-state index contributed by atoms with van der Waals surface area (Å²) in [6.07, 6.45) is 1.53. The zero-order valence-corrected chi connectivity index (χ0v) is 11.9. The lowest BCUT2D eigenvalue weighted by Gasteiger charge is -2.06. The van der Waals surface area contributed by atoms with E-state index in [1.807, 2.05) is 11.4 Å². The maximum atomic E-state index is 11.8. The van der Waals surface area contributed by atoms with Crippen molar-refractivity contribution in [2.75, 3.05) is 13.2 Å². The first-order valence-corrected chi connectivity index (χ1v) is 7.00. The normalized spacial score (nSPS) is 10.6. The number of halogens is 1. The second-order valence-electron chi connectivity index (χ2n) is 3.52. The molecule has 96 valence electrons. The Morgan fingerprint density at radius 2 is 2.39 bits per heavy atom. The third kappa shape index (κ3) is 3.18. The zero-order valence-electron chi connectivity index (χ0n) is 9.51. The molecule has 0 aliphatic carbocycles. The summed E-state index contributed by atoms with van der Waals surface area (Å²) in [5, 5.41) is 6.03. The van der Waals surface area contributed by atoms with Crippen molar-refractivity contribution in [2.45, 2.75) is 6.54 Å². The van der Waals surface area contributed by atoms with Crippen LogP contribution in [-0.2, 0) is 6.54 Å². The van der Waals surface area contributed by atoms with Crippen molar-refractivity contribution >= 4 is 27.3 Å². The van der Waals surface area contributed by atoms with Crippen molar-refractivity contribution in [3.8, 4) is 5.75 Å². The van der Waals surface area contributed by atoms with Crippen LogP contribution in [0.5, 0.6) is 5.75 Å². The third-order valence-corrected chi connectivity index (χ3v) is 4.13. The molecule has 0 saturated heterocycles. The molecular weight excluding hydrogens is 318 g/mol. The number of hydrogen-bond donors (Lipinski definition) is 1. The number of nitrogens with two attached hydrogens (primary N) is 1. The maximum Gasteiger partial charge on any atom is 0.270 e. The second kappa shape index (κ2) is 6.12. The lowest BCUT2D eigenvalue weighted by atomic mass is 10.4. The van der Waals surface area contributed by atoms with E-state index in [-0.39, 0.29) is 5.56 Å². The van der Waals surface area contributed by atoms with Crippen LogP contribution in [-0.4, -0.2) is 22.9 Å². The van der Waals surface area contributed by atoms with Crippen LogP contribution < -0.4 is 16.0 Å². The SMILES string of the molecule is NCCOc1cnn(Cc2sccc2Br)c(=O)c1. The quantitative estimate of drug-likeness (QED) is 0.901. The van der Waals surface area contributed by atoms with E-state index < -0.39 is 0 Å². The van der Waals surface area contributed by atoms with Crippen LogP contribution in [0.2, 0.25) is 0 Å². The highest BCUT2D eigenvalue weighted by atomic mass is 79.9. The van der Waals surface area contributed by atoms with Gasteiger partial charge in [-0.25, -0.2) is 4.68 Å². The van der Waals surface area contributed by atoms with Gasteiger partial charge in [-0.05, 0) is 27.4 Å². The molecule has 0 fully saturated rings. The average molecular weight is 330 g/mol. The molecule has 2 aromatic rings. The smallest absolute Gasteiger partial charge is 0.270 e. The first kappa shape index (κ1) is 13.3. The molecule has 0 aliphatic rings. The Kier molecular flexibility index (Phi) is 4.51. The molecule has 0 aromatic carbocycles. The zero-order chi connectivity index (χ0) is 13.0. The van der Waals surface area contributed by atoms with E-state index in [0.29, 0.717) is 25.4 Å². The molecule has 0 amide bonds. The summed E-state index contributed by atoms with van der Waals surface area (Å²) < 4.78 is 7.63. The summed E-state index contributed by atoms with van der Waals surface area (Å²) in [6.45, 7) is 1.24. The minimum Gasteiger partial charge on any atom is -0.490 e. The molecule has 18 heavy (non-hydrogen) atoms. The van der Waals surface area contributed by atoms with Crippen molar-refractivity contribution in [3.05, 3.63) is 43.4 Å². The van der Waals surface area contributed by atoms with Gasteiger partial charge < -0.3 is 10.5 Å². The summed E-state index contributed by atoms with van der Waals surface area (Å²) in [6, 6.07) is 3.37. The van der Waals surface area contributed by atoms with Crippen LogP contribution in [0.4, 0.5) is 0 Å². The van der Waals surface area contributed by atoms with E-state index in [4.69, 9.17) is 10.5 Å².